The second kappa shape index (κ2) is 13.7. The summed E-state index contributed by atoms with van der Waals surface area (Å²) in [5.74, 6) is -2.61. The van der Waals surface area contributed by atoms with Crippen LogP contribution in [0, 0.1) is 0 Å². The van der Waals surface area contributed by atoms with Crippen molar-refractivity contribution in [3.05, 3.63) is 48.0 Å². The van der Waals surface area contributed by atoms with Crippen LogP contribution >= 0.6 is 0 Å². The molecule has 3 rings (SSSR count). The zero-order chi connectivity index (χ0) is 24.1. The minimum Gasteiger partial charge on any atom is -0.478 e. The molecule has 0 aliphatic carbocycles. The Morgan fingerprint density at radius 1 is 1.00 bits per heavy atom. The van der Waals surface area contributed by atoms with Gasteiger partial charge in [0.1, 0.15) is 6.10 Å². The summed E-state index contributed by atoms with van der Waals surface area (Å²) in [7, 11) is 0. The topological polar surface area (TPSA) is 123 Å². The molecule has 1 aromatic rings. The number of nitrogens with zero attached hydrogens (tertiary/aromatic N) is 1. The molecule has 2 heterocycles. The number of esters is 1. The maximum atomic E-state index is 13.1. The van der Waals surface area contributed by atoms with E-state index in [0.717, 1.165) is 44.8 Å². The van der Waals surface area contributed by atoms with Crippen LogP contribution in [-0.4, -0.2) is 85.2 Å². The predicted octanol–water partition coefficient (Wildman–Crippen LogP) is 2.10. The van der Waals surface area contributed by atoms with Gasteiger partial charge in [-0.25, -0.2) is 9.59 Å². The molecule has 1 unspecified atom stereocenters. The van der Waals surface area contributed by atoms with Crippen LogP contribution in [0.5, 0.6) is 0 Å². The van der Waals surface area contributed by atoms with Crippen LogP contribution in [0.2, 0.25) is 0 Å². The van der Waals surface area contributed by atoms with Gasteiger partial charge in [-0.1, -0.05) is 30.3 Å². The molecule has 0 radical (unpaired) electrons. The first-order chi connectivity index (χ1) is 15.8. The minimum atomic E-state index is -1.26. The highest BCUT2D eigenvalue weighted by Gasteiger charge is 2.43. The fourth-order valence-electron chi connectivity index (χ4n) is 3.77. The van der Waals surface area contributed by atoms with Crippen molar-refractivity contribution in [1.82, 2.24) is 4.90 Å². The van der Waals surface area contributed by atoms with E-state index in [-0.39, 0.29) is 12.1 Å². The van der Waals surface area contributed by atoms with Gasteiger partial charge in [0.25, 0.3) is 0 Å². The smallest absolute Gasteiger partial charge is 0.328 e. The van der Waals surface area contributed by atoms with Crippen molar-refractivity contribution >= 4 is 17.9 Å². The molecular formula is C24H33NO8. The number of carbonyl (C=O) groups excluding carboxylic acids is 1. The van der Waals surface area contributed by atoms with Crippen molar-refractivity contribution in [2.75, 3.05) is 46.1 Å². The lowest BCUT2D eigenvalue weighted by Gasteiger charge is -2.36. The number of ether oxygens (including phenoxy) is 3. The van der Waals surface area contributed by atoms with E-state index in [4.69, 9.17) is 24.4 Å². The van der Waals surface area contributed by atoms with Crippen LogP contribution < -0.4 is 0 Å². The summed E-state index contributed by atoms with van der Waals surface area (Å²) in [6.07, 6.45) is 3.26. The van der Waals surface area contributed by atoms with Crippen molar-refractivity contribution in [2.45, 2.75) is 37.7 Å². The number of morpholine rings is 1. The monoisotopic (exact) mass is 463 g/mol. The molecule has 33 heavy (non-hydrogen) atoms. The Balaban J connectivity index is 0.000000414. The average molecular weight is 464 g/mol. The largest absolute Gasteiger partial charge is 0.478 e. The lowest BCUT2D eigenvalue weighted by atomic mass is 9.74. The second-order valence-corrected chi connectivity index (χ2v) is 8.03. The molecule has 182 valence electrons. The third kappa shape index (κ3) is 8.95. The van der Waals surface area contributed by atoms with Crippen molar-refractivity contribution in [1.29, 1.82) is 0 Å². The predicted molar refractivity (Wildman–Crippen MR) is 120 cm³/mol. The summed E-state index contributed by atoms with van der Waals surface area (Å²) in [6, 6.07) is 10.0. The van der Waals surface area contributed by atoms with E-state index >= 15 is 0 Å². The molecule has 2 aliphatic rings. The molecule has 1 atom stereocenters. The van der Waals surface area contributed by atoms with Crippen LogP contribution in [0.1, 0.15) is 31.7 Å². The minimum absolute atomic E-state index is 0.0845. The van der Waals surface area contributed by atoms with Gasteiger partial charge in [0.05, 0.1) is 18.6 Å². The van der Waals surface area contributed by atoms with E-state index in [9.17, 15) is 14.4 Å². The molecule has 9 heteroatoms. The first kappa shape index (κ1) is 26.5. The molecule has 2 aliphatic heterocycles. The quantitative estimate of drug-likeness (QED) is 0.441. The number of carboxylic acid groups (broad SMARTS) is 2. The van der Waals surface area contributed by atoms with Gasteiger partial charge >= 0.3 is 17.9 Å². The van der Waals surface area contributed by atoms with Crippen LogP contribution in [0.4, 0.5) is 0 Å². The number of benzene rings is 1. The van der Waals surface area contributed by atoms with E-state index in [1.807, 2.05) is 37.3 Å². The molecule has 1 aromatic carbocycles. The zero-order valence-corrected chi connectivity index (χ0v) is 19.0. The van der Waals surface area contributed by atoms with E-state index < -0.39 is 17.4 Å². The molecule has 0 bridgehead atoms. The van der Waals surface area contributed by atoms with Gasteiger partial charge in [0.15, 0.2) is 0 Å². The van der Waals surface area contributed by atoms with Crippen molar-refractivity contribution < 1.29 is 38.8 Å². The Labute approximate surface area is 193 Å². The molecule has 0 spiro atoms. The number of carboxylic acids is 2. The Morgan fingerprint density at radius 2 is 1.55 bits per heavy atom. The van der Waals surface area contributed by atoms with Gasteiger partial charge in [0, 0.05) is 45.0 Å². The van der Waals surface area contributed by atoms with E-state index in [1.54, 1.807) is 0 Å². The standard InChI is InChI=1S/C20H29NO4.C4H4O4/c1-17(7-10-21-11-15-24-16-12-21)25-19(22)20(8-13-23-14-9-20)18-5-3-2-4-6-18;5-3(6)1-2-4(7)8/h2-6,17H,7-16H2,1H3;1-2H,(H,5,6)(H,7,8)/b;2-1-. The zero-order valence-electron chi connectivity index (χ0n) is 19.0. The van der Waals surface area contributed by atoms with E-state index in [1.165, 1.54) is 0 Å². The van der Waals surface area contributed by atoms with Gasteiger partial charge in [-0.2, -0.15) is 0 Å². The second-order valence-electron chi connectivity index (χ2n) is 8.03. The van der Waals surface area contributed by atoms with Crippen LogP contribution in [-0.2, 0) is 34.0 Å². The highest BCUT2D eigenvalue weighted by atomic mass is 16.5. The maximum Gasteiger partial charge on any atom is 0.328 e. The van der Waals surface area contributed by atoms with E-state index in [0.29, 0.717) is 38.2 Å². The summed E-state index contributed by atoms with van der Waals surface area (Å²) in [4.78, 5) is 34.5. The number of carbonyl (C=O) groups is 3. The van der Waals surface area contributed by atoms with Crippen molar-refractivity contribution in [3.63, 3.8) is 0 Å². The first-order valence-corrected chi connectivity index (χ1v) is 11.1. The Hall–Kier alpha value is -2.75. The third-order valence-corrected chi connectivity index (χ3v) is 5.70. The van der Waals surface area contributed by atoms with Crippen LogP contribution in [0.25, 0.3) is 0 Å². The summed E-state index contributed by atoms with van der Waals surface area (Å²) in [5.41, 5.74) is 0.482. The lowest BCUT2D eigenvalue weighted by molar-refractivity contribution is -0.160. The Bertz CT molecular complexity index is 767. The maximum absolute atomic E-state index is 13.1. The average Bonchev–Trinajstić information content (AvgIpc) is 2.83. The third-order valence-electron chi connectivity index (χ3n) is 5.70. The van der Waals surface area contributed by atoms with Gasteiger partial charge in [-0.05, 0) is 31.7 Å². The first-order valence-electron chi connectivity index (χ1n) is 11.1. The highest BCUT2D eigenvalue weighted by Crippen LogP contribution is 2.36. The summed E-state index contributed by atoms with van der Waals surface area (Å²) < 4.78 is 16.8. The molecule has 2 N–H and O–H groups in total. The molecule has 2 saturated heterocycles. The molecule has 0 saturated carbocycles. The number of hydrogen-bond donors (Lipinski definition) is 2. The fourth-order valence-corrected chi connectivity index (χ4v) is 3.77. The molecular weight excluding hydrogens is 430 g/mol. The molecule has 9 nitrogen and oxygen atoms in total. The highest BCUT2D eigenvalue weighted by molar-refractivity contribution is 5.89. The SMILES string of the molecule is CC(CCN1CCOCC1)OC(=O)C1(c2ccccc2)CCOCC1.O=C(O)/C=C\C(=O)O. The fraction of sp³-hybridized carbons (Fsp3) is 0.542. The number of rotatable bonds is 8. The molecule has 2 fully saturated rings. The molecule has 0 aromatic heterocycles. The Morgan fingerprint density at radius 3 is 2.09 bits per heavy atom. The van der Waals surface area contributed by atoms with Gasteiger partial charge in [-0.3, -0.25) is 9.69 Å². The summed E-state index contributed by atoms with van der Waals surface area (Å²) >= 11 is 0. The van der Waals surface area contributed by atoms with Crippen molar-refractivity contribution in [3.8, 4) is 0 Å². The van der Waals surface area contributed by atoms with Gasteiger partial charge in [-0.15, -0.1) is 0 Å². The lowest BCUT2D eigenvalue weighted by Crippen LogP contribution is -2.44. The van der Waals surface area contributed by atoms with Gasteiger partial charge in [0.2, 0.25) is 0 Å². The number of aliphatic carboxylic acids is 2. The Kier molecular flexibility index (Phi) is 11.0. The normalized spacial score (nSPS) is 19.2. The van der Waals surface area contributed by atoms with Gasteiger partial charge < -0.3 is 24.4 Å². The summed E-state index contributed by atoms with van der Waals surface area (Å²) in [5, 5.41) is 15.6. The van der Waals surface area contributed by atoms with E-state index in [2.05, 4.69) is 4.90 Å². The number of hydrogen-bond acceptors (Lipinski definition) is 7. The van der Waals surface area contributed by atoms with Crippen LogP contribution in [0.3, 0.4) is 0 Å². The summed E-state index contributed by atoms with van der Waals surface area (Å²) in [6.45, 7) is 7.67. The molecule has 0 amide bonds. The van der Waals surface area contributed by atoms with Crippen molar-refractivity contribution in [2.24, 2.45) is 0 Å². The van der Waals surface area contributed by atoms with Crippen LogP contribution in [0.15, 0.2) is 42.5 Å².